The van der Waals surface area contributed by atoms with Gasteiger partial charge < -0.3 is 14.8 Å². The Balaban J connectivity index is 2.54. The van der Waals surface area contributed by atoms with Crippen LogP contribution in [0.4, 0.5) is 4.39 Å². The summed E-state index contributed by atoms with van der Waals surface area (Å²) >= 11 is 0. The van der Waals surface area contributed by atoms with E-state index in [2.05, 4.69) is 10.3 Å². The van der Waals surface area contributed by atoms with Crippen molar-refractivity contribution in [3.8, 4) is 11.5 Å². The lowest BCUT2D eigenvalue weighted by Crippen LogP contribution is -2.24. The summed E-state index contributed by atoms with van der Waals surface area (Å²) in [5.41, 5.74) is 1.13. The average Bonchev–Trinajstić information content (AvgIpc) is 2.53. The van der Waals surface area contributed by atoms with E-state index >= 15 is 0 Å². The Morgan fingerprint density at radius 3 is 2.67 bits per heavy atom. The summed E-state index contributed by atoms with van der Waals surface area (Å²) in [6.45, 7) is 2.63. The van der Waals surface area contributed by atoms with Gasteiger partial charge in [0.15, 0.2) is 0 Å². The zero-order valence-corrected chi connectivity index (χ0v) is 12.4. The van der Waals surface area contributed by atoms with Gasteiger partial charge in [-0.2, -0.15) is 0 Å². The molecule has 21 heavy (non-hydrogen) atoms. The predicted octanol–water partition coefficient (Wildman–Crippen LogP) is 2.94. The number of halogens is 1. The number of pyridine rings is 1. The fraction of sp³-hybridized carbons (Fsp3) is 0.312. The lowest BCUT2D eigenvalue weighted by Gasteiger charge is -2.21. The van der Waals surface area contributed by atoms with E-state index in [4.69, 9.17) is 9.47 Å². The molecular formula is C16H19FN2O2. The number of hydrogen-bond donors (Lipinski definition) is 1. The monoisotopic (exact) mass is 290 g/mol. The van der Waals surface area contributed by atoms with Gasteiger partial charge in [-0.3, -0.25) is 4.98 Å². The third-order valence-electron chi connectivity index (χ3n) is 3.22. The molecule has 0 radical (unpaired) electrons. The molecule has 112 valence electrons. The Bertz CT molecular complexity index is 605. The van der Waals surface area contributed by atoms with Gasteiger partial charge in [0, 0.05) is 11.8 Å². The molecule has 0 saturated heterocycles. The van der Waals surface area contributed by atoms with E-state index in [1.54, 1.807) is 38.6 Å². The van der Waals surface area contributed by atoms with Crippen molar-refractivity contribution in [3.05, 3.63) is 53.6 Å². The van der Waals surface area contributed by atoms with Crippen molar-refractivity contribution in [2.75, 3.05) is 20.8 Å². The summed E-state index contributed by atoms with van der Waals surface area (Å²) in [7, 11) is 3.18. The van der Waals surface area contributed by atoms with Crippen molar-refractivity contribution in [2.45, 2.75) is 13.0 Å². The second-order valence-electron chi connectivity index (χ2n) is 4.47. The number of nitrogens with one attached hydrogen (secondary N) is 1. The highest BCUT2D eigenvalue weighted by Crippen LogP contribution is 2.33. The minimum absolute atomic E-state index is 0.339. The molecule has 1 heterocycles. The second-order valence-corrected chi connectivity index (χ2v) is 4.47. The van der Waals surface area contributed by atoms with Crippen molar-refractivity contribution < 1.29 is 13.9 Å². The zero-order valence-electron chi connectivity index (χ0n) is 12.4. The summed E-state index contributed by atoms with van der Waals surface area (Å²) in [6, 6.07) is 8.02. The van der Waals surface area contributed by atoms with Crippen LogP contribution in [-0.4, -0.2) is 25.7 Å². The summed E-state index contributed by atoms with van der Waals surface area (Å²) in [5.74, 6) is 0.991. The highest BCUT2D eigenvalue weighted by atomic mass is 19.1. The van der Waals surface area contributed by atoms with E-state index in [0.29, 0.717) is 23.7 Å². The van der Waals surface area contributed by atoms with E-state index in [0.717, 1.165) is 5.56 Å². The fourth-order valence-electron chi connectivity index (χ4n) is 2.23. The predicted molar refractivity (Wildman–Crippen MR) is 79.3 cm³/mol. The van der Waals surface area contributed by atoms with E-state index in [1.807, 2.05) is 13.0 Å². The molecule has 4 nitrogen and oxygen atoms in total. The van der Waals surface area contributed by atoms with Crippen molar-refractivity contribution in [3.63, 3.8) is 0 Å². The zero-order chi connectivity index (χ0) is 15.2. The summed E-state index contributed by atoms with van der Waals surface area (Å²) in [5, 5.41) is 3.24. The van der Waals surface area contributed by atoms with Crippen LogP contribution in [0.5, 0.6) is 11.5 Å². The molecule has 1 N–H and O–H groups in total. The van der Waals surface area contributed by atoms with Crippen LogP contribution in [0, 0.1) is 5.82 Å². The van der Waals surface area contributed by atoms with Gasteiger partial charge in [0.25, 0.3) is 0 Å². The Morgan fingerprint density at radius 1 is 1.24 bits per heavy atom. The van der Waals surface area contributed by atoms with Gasteiger partial charge in [-0.05, 0) is 36.9 Å². The molecule has 0 amide bonds. The normalized spacial score (nSPS) is 12.0. The molecule has 0 aliphatic heterocycles. The maximum Gasteiger partial charge on any atom is 0.146 e. The van der Waals surface area contributed by atoms with Crippen LogP contribution in [-0.2, 0) is 0 Å². The summed E-state index contributed by atoms with van der Waals surface area (Å²) in [6.07, 6.45) is 1.58. The molecular weight excluding hydrogens is 271 g/mol. The van der Waals surface area contributed by atoms with E-state index in [9.17, 15) is 4.39 Å². The summed E-state index contributed by atoms with van der Waals surface area (Å²) in [4.78, 5) is 4.17. The average molecular weight is 290 g/mol. The standard InChI is InChI=1S/C16H19FN2O2/c1-4-18-15(16-13(17)6-5-9-19-16)12-10-11(20-2)7-8-14(12)21-3/h5-10,15,18H,4H2,1-3H3. The first kappa shape index (κ1) is 15.3. The molecule has 0 saturated carbocycles. The lowest BCUT2D eigenvalue weighted by atomic mass is 10.0. The Kier molecular flexibility index (Phi) is 5.11. The number of rotatable bonds is 6. The molecule has 1 aromatic carbocycles. The van der Waals surface area contributed by atoms with Gasteiger partial charge in [0.2, 0.25) is 0 Å². The van der Waals surface area contributed by atoms with E-state index < -0.39 is 6.04 Å². The first-order valence-corrected chi connectivity index (χ1v) is 6.77. The number of ether oxygens (including phenoxy) is 2. The van der Waals surface area contributed by atoms with Crippen LogP contribution in [0.3, 0.4) is 0 Å². The minimum atomic E-state index is -0.402. The topological polar surface area (TPSA) is 43.4 Å². The van der Waals surface area contributed by atoms with Crippen molar-refractivity contribution in [1.29, 1.82) is 0 Å². The second kappa shape index (κ2) is 7.04. The molecule has 0 bridgehead atoms. The van der Waals surface area contributed by atoms with E-state index in [1.165, 1.54) is 6.07 Å². The third kappa shape index (κ3) is 3.31. The quantitative estimate of drug-likeness (QED) is 0.888. The molecule has 1 unspecified atom stereocenters. The number of nitrogens with zero attached hydrogens (tertiary/aromatic N) is 1. The van der Waals surface area contributed by atoms with Gasteiger partial charge in [0.05, 0.1) is 26.0 Å². The largest absolute Gasteiger partial charge is 0.497 e. The highest BCUT2D eigenvalue weighted by Gasteiger charge is 2.22. The minimum Gasteiger partial charge on any atom is -0.497 e. The van der Waals surface area contributed by atoms with Gasteiger partial charge in [-0.15, -0.1) is 0 Å². The molecule has 0 spiro atoms. The number of benzene rings is 1. The van der Waals surface area contributed by atoms with Crippen molar-refractivity contribution in [2.24, 2.45) is 0 Å². The van der Waals surface area contributed by atoms with Crippen LogP contribution in [0.2, 0.25) is 0 Å². The molecule has 1 atom stereocenters. The Morgan fingerprint density at radius 2 is 2.05 bits per heavy atom. The Hall–Kier alpha value is -2.14. The van der Waals surface area contributed by atoms with Crippen LogP contribution < -0.4 is 14.8 Å². The van der Waals surface area contributed by atoms with Crippen LogP contribution in [0.1, 0.15) is 24.2 Å². The van der Waals surface area contributed by atoms with Gasteiger partial charge in [0.1, 0.15) is 17.3 Å². The number of methoxy groups -OCH3 is 2. The first-order valence-electron chi connectivity index (χ1n) is 6.77. The first-order chi connectivity index (χ1) is 10.2. The third-order valence-corrected chi connectivity index (χ3v) is 3.22. The highest BCUT2D eigenvalue weighted by molar-refractivity contribution is 5.45. The van der Waals surface area contributed by atoms with Gasteiger partial charge >= 0.3 is 0 Å². The van der Waals surface area contributed by atoms with Crippen LogP contribution >= 0.6 is 0 Å². The number of aromatic nitrogens is 1. The van der Waals surface area contributed by atoms with Crippen molar-refractivity contribution in [1.82, 2.24) is 10.3 Å². The molecule has 1 aromatic heterocycles. The van der Waals surface area contributed by atoms with Crippen LogP contribution in [0.25, 0.3) is 0 Å². The maximum absolute atomic E-state index is 14.1. The summed E-state index contributed by atoms with van der Waals surface area (Å²) < 4.78 is 24.7. The lowest BCUT2D eigenvalue weighted by molar-refractivity contribution is 0.392. The van der Waals surface area contributed by atoms with E-state index in [-0.39, 0.29) is 5.82 Å². The fourth-order valence-corrected chi connectivity index (χ4v) is 2.23. The molecule has 2 rings (SSSR count). The maximum atomic E-state index is 14.1. The molecule has 0 fully saturated rings. The molecule has 0 aliphatic rings. The van der Waals surface area contributed by atoms with Crippen molar-refractivity contribution >= 4 is 0 Å². The molecule has 5 heteroatoms. The number of hydrogen-bond acceptors (Lipinski definition) is 4. The molecule has 2 aromatic rings. The molecule has 0 aliphatic carbocycles. The SMILES string of the molecule is CCNC(c1cc(OC)ccc1OC)c1ncccc1F. The smallest absolute Gasteiger partial charge is 0.146 e. The van der Waals surface area contributed by atoms with Crippen LogP contribution in [0.15, 0.2) is 36.5 Å². The van der Waals surface area contributed by atoms with Gasteiger partial charge in [-0.1, -0.05) is 6.92 Å². The Labute approximate surface area is 123 Å². The van der Waals surface area contributed by atoms with Gasteiger partial charge in [-0.25, -0.2) is 4.39 Å².